The van der Waals surface area contributed by atoms with Crippen LogP contribution in [0.4, 0.5) is 4.79 Å². The molecule has 0 radical (unpaired) electrons. The molecule has 0 spiro atoms. The maximum atomic E-state index is 10.9. The van der Waals surface area contributed by atoms with Crippen molar-refractivity contribution in [1.82, 2.24) is 5.32 Å². The predicted molar refractivity (Wildman–Crippen MR) is 53.2 cm³/mol. The molecule has 0 heterocycles. The monoisotopic (exact) mass is 201 g/mol. The maximum Gasteiger partial charge on any atom is 0.407 e. The summed E-state index contributed by atoms with van der Waals surface area (Å²) in [5.74, 6) is 0. The Morgan fingerprint density at radius 2 is 2.14 bits per heavy atom. The molecule has 82 valence electrons. The van der Waals surface area contributed by atoms with Crippen molar-refractivity contribution in [2.24, 2.45) is 0 Å². The number of hydrogen-bond acceptors (Lipinski definition) is 3. The molecule has 0 saturated heterocycles. The molecule has 1 aliphatic rings. The van der Waals surface area contributed by atoms with Crippen molar-refractivity contribution in [3.05, 3.63) is 0 Å². The van der Waals surface area contributed by atoms with Gasteiger partial charge in [0.05, 0.1) is 19.3 Å². The summed E-state index contributed by atoms with van der Waals surface area (Å²) in [6.07, 6.45) is 4.94. The molecule has 0 aromatic carbocycles. The Labute approximate surface area is 85.0 Å². The molecule has 1 saturated carbocycles. The van der Waals surface area contributed by atoms with Gasteiger partial charge in [-0.3, -0.25) is 0 Å². The molecule has 0 aliphatic heterocycles. The minimum Gasteiger partial charge on any atom is -0.450 e. The van der Waals surface area contributed by atoms with Gasteiger partial charge in [0.25, 0.3) is 0 Å². The fourth-order valence-corrected chi connectivity index (χ4v) is 1.62. The highest BCUT2D eigenvalue weighted by Gasteiger charge is 2.14. The quantitative estimate of drug-likeness (QED) is 0.688. The predicted octanol–water partition coefficient (Wildman–Crippen LogP) is 1.69. The van der Waals surface area contributed by atoms with Gasteiger partial charge in [0.2, 0.25) is 0 Å². The average Bonchev–Trinajstić information content (AvgIpc) is 2.65. The zero-order chi connectivity index (χ0) is 10.2. The highest BCUT2D eigenvalue weighted by Crippen LogP contribution is 2.20. The third-order valence-corrected chi connectivity index (χ3v) is 2.30. The van der Waals surface area contributed by atoms with Crippen LogP contribution in [0.3, 0.4) is 0 Å². The van der Waals surface area contributed by atoms with Crippen LogP contribution in [0.25, 0.3) is 0 Å². The van der Waals surface area contributed by atoms with Crippen molar-refractivity contribution in [2.45, 2.75) is 38.7 Å². The van der Waals surface area contributed by atoms with E-state index in [4.69, 9.17) is 9.47 Å². The van der Waals surface area contributed by atoms with Crippen molar-refractivity contribution in [3.8, 4) is 0 Å². The van der Waals surface area contributed by atoms with Crippen molar-refractivity contribution in [2.75, 3.05) is 19.8 Å². The first kappa shape index (κ1) is 11.3. The number of carbonyl (C=O) groups is 1. The van der Waals surface area contributed by atoms with Gasteiger partial charge in [-0.25, -0.2) is 4.79 Å². The number of alkyl carbamates (subject to hydrolysis) is 1. The first-order chi connectivity index (χ1) is 6.83. The summed E-state index contributed by atoms with van der Waals surface area (Å²) in [5.41, 5.74) is 0. The van der Waals surface area contributed by atoms with Crippen LogP contribution in [0.15, 0.2) is 0 Å². The normalized spacial score (nSPS) is 16.9. The Balaban J connectivity index is 1.90. The summed E-state index contributed by atoms with van der Waals surface area (Å²) >= 11 is 0. The third kappa shape index (κ3) is 4.46. The lowest BCUT2D eigenvalue weighted by molar-refractivity contribution is 0.0591. The van der Waals surface area contributed by atoms with Crippen molar-refractivity contribution in [3.63, 3.8) is 0 Å². The lowest BCUT2D eigenvalue weighted by Gasteiger charge is -2.11. The zero-order valence-corrected chi connectivity index (χ0v) is 8.75. The Bertz CT molecular complexity index is 167. The minimum atomic E-state index is -0.359. The van der Waals surface area contributed by atoms with Gasteiger partial charge in [0, 0.05) is 6.54 Å². The van der Waals surface area contributed by atoms with E-state index in [-0.39, 0.29) is 6.09 Å². The number of carbonyl (C=O) groups excluding carboxylic acids is 1. The van der Waals surface area contributed by atoms with Crippen LogP contribution in [0.5, 0.6) is 0 Å². The van der Waals surface area contributed by atoms with Gasteiger partial charge in [-0.2, -0.15) is 0 Å². The van der Waals surface area contributed by atoms with E-state index in [1.807, 2.05) is 0 Å². The maximum absolute atomic E-state index is 10.9. The molecule has 14 heavy (non-hydrogen) atoms. The van der Waals surface area contributed by atoms with Gasteiger partial charge in [-0.15, -0.1) is 0 Å². The number of hydrogen-bond donors (Lipinski definition) is 1. The number of nitrogens with one attached hydrogen (secondary N) is 1. The second-order valence-corrected chi connectivity index (χ2v) is 3.42. The van der Waals surface area contributed by atoms with Crippen molar-refractivity contribution in [1.29, 1.82) is 0 Å². The highest BCUT2D eigenvalue weighted by molar-refractivity contribution is 5.66. The van der Waals surface area contributed by atoms with Gasteiger partial charge in [0.1, 0.15) is 0 Å². The van der Waals surface area contributed by atoms with E-state index in [0.717, 1.165) is 0 Å². The fourth-order valence-electron chi connectivity index (χ4n) is 1.62. The fraction of sp³-hybridized carbons (Fsp3) is 0.900. The van der Waals surface area contributed by atoms with E-state index >= 15 is 0 Å². The van der Waals surface area contributed by atoms with Crippen molar-refractivity contribution < 1.29 is 14.3 Å². The zero-order valence-electron chi connectivity index (χ0n) is 8.75. The Morgan fingerprint density at radius 3 is 2.79 bits per heavy atom. The summed E-state index contributed by atoms with van der Waals surface area (Å²) < 4.78 is 10.3. The molecule has 1 amide bonds. The third-order valence-electron chi connectivity index (χ3n) is 2.30. The molecule has 4 nitrogen and oxygen atoms in total. The van der Waals surface area contributed by atoms with Crippen molar-refractivity contribution >= 4 is 6.09 Å². The first-order valence-corrected chi connectivity index (χ1v) is 5.35. The van der Waals surface area contributed by atoms with Crippen LogP contribution in [0.1, 0.15) is 32.6 Å². The van der Waals surface area contributed by atoms with E-state index < -0.39 is 0 Å². The van der Waals surface area contributed by atoms with E-state index in [9.17, 15) is 4.79 Å². The summed E-state index contributed by atoms with van der Waals surface area (Å²) in [6.45, 7) is 3.32. The summed E-state index contributed by atoms with van der Waals surface area (Å²) in [4.78, 5) is 10.9. The van der Waals surface area contributed by atoms with Gasteiger partial charge < -0.3 is 14.8 Å². The van der Waals surface area contributed by atoms with Crippen LogP contribution < -0.4 is 5.32 Å². The van der Waals surface area contributed by atoms with Gasteiger partial charge >= 0.3 is 6.09 Å². The average molecular weight is 201 g/mol. The number of rotatable bonds is 5. The highest BCUT2D eigenvalue weighted by atomic mass is 16.5. The molecule has 1 rings (SSSR count). The van der Waals surface area contributed by atoms with Crippen LogP contribution in [0, 0.1) is 0 Å². The van der Waals surface area contributed by atoms with Gasteiger partial charge in [-0.1, -0.05) is 12.8 Å². The minimum absolute atomic E-state index is 0.359. The second kappa shape index (κ2) is 6.65. The molecule has 0 atom stereocenters. The molecule has 1 aliphatic carbocycles. The summed E-state index contributed by atoms with van der Waals surface area (Å²) in [5, 5.41) is 2.62. The van der Waals surface area contributed by atoms with Crippen LogP contribution in [-0.2, 0) is 9.47 Å². The number of ether oxygens (including phenoxy) is 2. The smallest absolute Gasteiger partial charge is 0.407 e. The molecule has 0 unspecified atom stereocenters. The van der Waals surface area contributed by atoms with E-state index in [1.165, 1.54) is 25.7 Å². The molecule has 0 bridgehead atoms. The van der Waals surface area contributed by atoms with E-state index in [2.05, 4.69) is 5.32 Å². The molecule has 4 heteroatoms. The topological polar surface area (TPSA) is 47.6 Å². The second-order valence-electron chi connectivity index (χ2n) is 3.42. The first-order valence-electron chi connectivity index (χ1n) is 5.35. The lowest BCUT2D eigenvalue weighted by Crippen LogP contribution is -2.28. The van der Waals surface area contributed by atoms with Gasteiger partial charge in [0.15, 0.2) is 0 Å². The SMILES string of the molecule is CCOC(=O)NCCOC1CCCC1. The summed E-state index contributed by atoms with van der Waals surface area (Å²) in [6, 6.07) is 0. The number of amides is 1. The molecular weight excluding hydrogens is 182 g/mol. The standard InChI is InChI=1S/C10H19NO3/c1-2-13-10(12)11-7-8-14-9-5-3-4-6-9/h9H,2-8H2,1H3,(H,11,12). The molecule has 1 N–H and O–H groups in total. The van der Waals surface area contributed by atoms with Crippen LogP contribution >= 0.6 is 0 Å². The van der Waals surface area contributed by atoms with E-state index in [1.54, 1.807) is 6.92 Å². The molecule has 0 aromatic heterocycles. The van der Waals surface area contributed by atoms with Crippen LogP contribution in [0.2, 0.25) is 0 Å². The molecule has 1 fully saturated rings. The largest absolute Gasteiger partial charge is 0.450 e. The Hall–Kier alpha value is -0.770. The van der Waals surface area contributed by atoms with Crippen LogP contribution in [-0.4, -0.2) is 32.0 Å². The Kier molecular flexibility index (Phi) is 5.37. The molecule has 0 aromatic rings. The lowest BCUT2D eigenvalue weighted by atomic mass is 10.3. The van der Waals surface area contributed by atoms with Gasteiger partial charge in [-0.05, 0) is 19.8 Å². The Morgan fingerprint density at radius 1 is 1.43 bits per heavy atom. The molecular formula is C10H19NO3. The van der Waals surface area contributed by atoms with E-state index in [0.29, 0.717) is 25.9 Å². The summed E-state index contributed by atoms with van der Waals surface area (Å²) in [7, 11) is 0.